The van der Waals surface area contributed by atoms with Gasteiger partial charge >= 0.3 is 5.97 Å². The summed E-state index contributed by atoms with van der Waals surface area (Å²) < 4.78 is 19.8. The van der Waals surface area contributed by atoms with Gasteiger partial charge < -0.3 is 15.2 Å². The van der Waals surface area contributed by atoms with Gasteiger partial charge in [0, 0.05) is 17.7 Å². The zero-order valence-electron chi connectivity index (χ0n) is 13.8. The van der Waals surface area contributed by atoms with E-state index in [1.165, 1.54) is 6.07 Å². The fraction of sp³-hybridized carbons (Fsp3) is 0.150. The molecule has 0 spiro atoms. The number of benzene rings is 3. The van der Waals surface area contributed by atoms with Crippen LogP contribution in [0.2, 0.25) is 5.02 Å². The highest BCUT2D eigenvalue weighted by Gasteiger charge is 2.12. The molecule has 0 saturated heterocycles. The van der Waals surface area contributed by atoms with Crippen molar-refractivity contribution in [2.24, 2.45) is 0 Å². The van der Waals surface area contributed by atoms with E-state index in [0.29, 0.717) is 17.3 Å². The average molecular weight is 374 g/mol. The van der Waals surface area contributed by atoms with Crippen LogP contribution in [0.5, 0.6) is 5.75 Å². The molecule has 3 aromatic carbocycles. The summed E-state index contributed by atoms with van der Waals surface area (Å²) in [6, 6.07) is 15.9. The van der Waals surface area contributed by atoms with Gasteiger partial charge in [0.15, 0.2) is 0 Å². The van der Waals surface area contributed by atoms with E-state index in [2.05, 4.69) is 5.32 Å². The molecule has 0 aliphatic carbocycles. The zero-order chi connectivity index (χ0) is 18.5. The maximum atomic E-state index is 14.0. The number of rotatable bonds is 7. The lowest BCUT2D eigenvalue weighted by molar-refractivity contribution is -0.136. The molecule has 3 aromatic rings. The van der Waals surface area contributed by atoms with Gasteiger partial charge in [-0.25, -0.2) is 4.39 Å². The third kappa shape index (κ3) is 4.12. The van der Waals surface area contributed by atoms with Crippen LogP contribution in [-0.2, 0) is 17.9 Å². The van der Waals surface area contributed by atoms with Crippen molar-refractivity contribution in [1.29, 1.82) is 0 Å². The van der Waals surface area contributed by atoms with E-state index in [-0.39, 0.29) is 18.7 Å². The van der Waals surface area contributed by atoms with E-state index in [9.17, 15) is 9.18 Å². The molecule has 0 unspecified atom stereocenters. The minimum absolute atomic E-state index is 0.0181. The normalized spacial score (nSPS) is 10.8. The van der Waals surface area contributed by atoms with Crippen molar-refractivity contribution < 1.29 is 19.0 Å². The van der Waals surface area contributed by atoms with Gasteiger partial charge in [0.2, 0.25) is 0 Å². The fourth-order valence-electron chi connectivity index (χ4n) is 2.75. The average Bonchev–Trinajstić information content (AvgIpc) is 2.62. The summed E-state index contributed by atoms with van der Waals surface area (Å²) in [6.45, 7) is 0.131. The molecule has 26 heavy (non-hydrogen) atoms. The van der Waals surface area contributed by atoms with Crippen LogP contribution in [0.1, 0.15) is 11.1 Å². The quantitative estimate of drug-likeness (QED) is 0.645. The number of hydrogen-bond acceptors (Lipinski definition) is 3. The summed E-state index contributed by atoms with van der Waals surface area (Å²) in [5, 5.41) is 14.0. The van der Waals surface area contributed by atoms with Crippen LogP contribution in [0.25, 0.3) is 10.8 Å². The molecule has 2 N–H and O–H groups in total. The first kappa shape index (κ1) is 18.2. The van der Waals surface area contributed by atoms with Crippen LogP contribution >= 0.6 is 11.6 Å². The fourth-order valence-corrected chi connectivity index (χ4v) is 2.97. The molecule has 134 valence electrons. The van der Waals surface area contributed by atoms with Crippen LogP contribution in [0.15, 0.2) is 54.6 Å². The smallest absolute Gasteiger partial charge is 0.317 e. The summed E-state index contributed by atoms with van der Waals surface area (Å²) in [7, 11) is 0. The largest absolute Gasteiger partial charge is 0.488 e. The third-order valence-electron chi connectivity index (χ3n) is 4.01. The number of fused-ring (bicyclic) bond motifs is 1. The van der Waals surface area contributed by atoms with E-state index in [1.54, 1.807) is 18.2 Å². The van der Waals surface area contributed by atoms with Crippen molar-refractivity contribution in [3.8, 4) is 5.75 Å². The Labute approximate surface area is 155 Å². The number of hydrogen-bond donors (Lipinski definition) is 2. The number of ether oxygens (including phenoxy) is 1. The van der Waals surface area contributed by atoms with E-state index in [0.717, 1.165) is 16.3 Å². The molecular formula is C20H17ClFNO3. The highest BCUT2D eigenvalue weighted by Crippen LogP contribution is 2.30. The molecule has 0 amide bonds. The summed E-state index contributed by atoms with van der Waals surface area (Å²) >= 11 is 6.05. The summed E-state index contributed by atoms with van der Waals surface area (Å²) in [5.41, 5.74) is 1.10. The predicted molar refractivity (Wildman–Crippen MR) is 99.0 cm³/mol. The molecule has 0 heterocycles. The van der Waals surface area contributed by atoms with Gasteiger partial charge in [-0.15, -0.1) is 0 Å². The Kier molecular flexibility index (Phi) is 5.71. The van der Waals surface area contributed by atoms with E-state index >= 15 is 0 Å². The number of carbonyl (C=O) groups is 1. The van der Waals surface area contributed by atoms with Crippen LogP contribution in [0.4, 0.5) is 4.39 Å². The van der Waals surface area contributed by atoms with Gasteiger partial charge in [0.05, 0.1) is 11.6 Å². The molecule has 3 rings (SSSR count). The Morgan fingerprint density at radius 1 is 1.08 bits per heavy atom. The Morgan fingerprint density at radius 3 is 2.65 bits per heavy atom. The Morgan fingerprint density at radius 2 is 1.88 bits per heavy atom. The standard InChI is InChI=1S/C20H17ClFNO3/c21-17-6-3-7-18(22)16(17)12-26-19-9-8-13-4-1-2-5-14(13)15(19)10-23-11-20(24)25/h1-9,23H,10-12H2,(H,24,25). The van der Waals surface area contributed by atoms with Gasteiger partial charge in [-0.3, -0.25) is 4.79 Å². The van der Waals surface area contributed by atoms with Gasteiger partial charge in [-0.2, -0.15) is 0 Å². The van der Waals surface area contributed by atoms with Crippen LogP contribution in [-0.4, -0.2) is 17.6 Å². The van der Waals surface area contributed by atoms with Crippen molar-refractivity contribution in [1.82, 2.24) is 5.32 Å². The molecule has 0 aliphatic heterocycles. The lowest BCUT2D eigenvalue weighted by Gasteiger charge is -2.15. The van der Waals surface area contributed by atoms with Crippen molar-refractivity contribution in [3.05, 3.63) is 76.6 Å². The van der Waals surface area contributed by atoms with Crippen molar-refractivity contribution in [2.75, 3.05) is 6.54 Å². The summed E-state index contributed by atoms with van der Waals surface area (Å²) in [5.74, 6) is -0.810. The summed E-state index contributed by atoms with van der Waals surface area (Å²) in [4.78, 5) is 10.8. The second-order valence-corrected chi connectivity index (χ2v) is 6.16. The van der Waals surface area contributed by atoms with Crippen molar-refractivity contribution in [2.45, 2.75) is 13.2 Å². The third-order valence-corrected chi connectivity index (χ3v) is 4.36. The molecule has 0 bridgehead atoms. The molecule has 0 atom stereocenters. The lowest BCUT2D eigenvalue weighted by atomic mass is 10.0. The Balaban J connectivity index is 1.90. The molecular weight excluding hydrogens is 357 g/mol. The van der Waals surface area contributed by atoms with E-state index in [1.807, 2.05) is 30.3 Å². The van der Waals surface area contributed by atoms with Gasteiger partial charge in [0.25, 0.3) is 0 Å². The number of nitrogens with one attached hydrogen (secondary N) is 1. The van der Waals surface area contributed by atoms with Crippen molar-refractivity contribution >= 4 is 28.3 Å². The molecule has 0 aromatic heterocycles. The van der Waals surface area contributed by atoms with Crippen LogP contribution < -0.4 is 10.1 Å². The second-order valence-electron chi connectivity index (χ2n) is 5.75. The van der Waals surface area contributed by atoms with Gasteiger partial charge in [0.1, 0.15) is 18.2 Å². The summed E-state index contributed by atoms with van der Waals surface area (Å²) in [6.07, 6.45) is 0. The highest BCUT2D eigenvalue weighted by atomic mass is 35.5. The Bertz CT molecular complexity index is 925. The Hall–Kier alpha value is -2.63. The number of halogens is 2. The first-order chi connectivity index (χ1) is 12.6. The minimum atomic E-state index is -0.939. The second kappa shape index (κ2) is 8.17. The first-order valence-corrected chi connectivity index (χ1v) is 8.43. The zero-order valence-corrected chi connectivity index (χ0v) is 14.6. The SMILES string of the molecule is O=C(O)CNCc1c(OCc2c(F)cccc2Cl)ccc2ccccc12. The first-order valence-electron chi connectivity index (χ1n) is 8.05. The van der Waals surface area contributed by atoms with Crippen molar-refractivity contribution in [3.63, 3.8) is 0 Å². The number of aliphatic carboxylic acids is 1. The topological polar surface area (TPSA) is 58.6 Å². The maximum absolute atomic E-state index is 14.0. The molecule has 4 nitrogen and oxygen atoms in total. The van der Waals surface area contributed by atoms with Gasteiger partial charge in [-0.1, -0.05) is 48.0 Å². The monoisotopic (exact) mass is 373 g/mol. The highest BCUT2D eigenvalue weighted by molar-refractivity contribution is 6.31. The predicted octanol–water partition coefficient (Wildman–Crippen LogP) is 4.39. The minimum Gasteiger partial charge on any atom is -0.488 e. The van der Waals surface area contributed by atoms with Crippen LogP contribution in [0.3, 0.4) is 0 Å². The number of carboxylic acid groups (broad SMARTS) is 1. The molecule has 6 heteroatoms. The maximum Gasteiger partial charge on any atom is 0.317 e. The molecule has 0 fully saturated rings. The van der Waals surface area contributed by atoms with Crippen LogP contribution in [0, 0.1) is 5.82 Å². The van der Waals surface area contributed by atoms with E-state index in [4.69, 9.17) is 21.4 Å². The molecule has 0 radical (unpaired) electrons. The van der Waals surface area contributed by atoms with E-state index < -0.39 is 11.8 Å². The molecule has 0 saturated carbocycles. The lowest BCUT2D eigenvalue weighted by Crippen LogP contribution is -2.22. The number of carboxylic acids is 1. The van der Waals surface area contributed by atoms with Gasteiger partial charge in [-0.05, 0) is 29.0 Å². The molecule has 0 aliphatic rings.